The molecule has 0 aliphatic rings. The van der Waals surface area contributed by atoms with E-state index in [1.165, 1.54) is 193 Å². The number of allylic oxidation sites excluding steroid dienone is 2. The Bertz CT molecular complexity index is 824. The first-order chi connectivity index (χ1) is 32.1. The van der Waals surface area contributed by atoms with Gasteiger partial charge in [-0.3, -0.25) is 0 Å². The quantitative estimate of drug-likeness (QED) is 0.0342. The Morgan fingerprint density at radius 2 is 0.538 bits per heavy atom. The summed E-state index contributed by atoms with van der Waals surface area (Å²) in [5.74, 6) is 0. The third-order valence-electron chi connectivity index (χ3n) is 12.3. The molecule has 0 saturated carbocycles. The van der Waals surface area contributed by atoms with Crippen molar-refractivity contribution in [2.45, 2.75) is 311 Å². The molecule has 0 radical (unpaired) electrons. The fourth-order valence-electron chi connectivity index (χ4n) is 8.18. The molecule has 0 aromatic carbocycles. The van der Waals surface area contributed by atoms with Crippen LogP contribution < -0.4 is 0 Å². The molecule has 0 amide bonds. The van der Waals surface area contributed by atoms with Crippen LogP contribution >= 0.6 is 0 Å². The van der Waals surface area contributed by atoms with E-state index in [4.69, 9.17) is 33.2 Å². The second-order valence-corrected chi connectivity index (χ2v) is 18.7. The fraction of sp³-hybridized carbons (Fsp3) is 0.931. The van der Waals surface area contributed by atoms with Crippen molar-refractivity contribution in [1.29, 1.82) is 0 Å². The van der Waals surface area contributed by atoms with Crippen LogP contribution in [0, 0.1) is 0 Å². The van der Waals surface area contributed by atoms with E-state index in [2.05, 4.69) is 52.0 Å². The molecule has 0 aromatic rings. The van der Waals surface area contributed by atoms with Crippen molar-refractivity contribution >= 4 is 0 Å². The maximum absolute atomic E-state index is 6.24. The van der Waals surface area contributed by atoms with Crippen LogP contribution in [-0.2, 0) is 33.2 Å². The minimum Gasteiger partial charge on any atom is -0.353 e. The Morgan fingerprint density at radius 3 is 0.831 bits per heavy atom. The molecule has 0 spiro atoms. The molecule has 0 saturated heterocycles. The van der Waals surface area contributed by atoms with Crippen LogP contribution in [0.15, 0.2) is 24.3 Å². The molecule has 0 N–H and O–H groups in total. The minimum atomic E-state index is -0.389. The lowest BCUT2D eigenvalue weighted by molar-refractivity contribution is -0.204. The number of rotatable bonds is 56. The normalized spacial score (nSPS) is 13.2. The van der Waals surface area contributed by atoms with Crippen molar-refractivity contribution < 1.29 is 33.2 Å². The van der Waals surface area contributed by atoms with Gasteiger partial charge in [0, 0.05) is 39.6 Å². The number of hydrogen-bond acceptors (Lipinski definition) is 7. The smallest absolute Gasteiger partial charge is 0.180 e. The highest BCUT2D eigenvalue weighted by Crippen LogP contribution is 2.18. The summed E-state index contributed by atoms with van der Waals surface area (Å²) in [6, 6.07) is 0. The summed E-state index contributed by atoms with van der Waals surface area (Å²) in [5, 5.41) is 0. The summed E-state index contributed by atoms with van der Waals surface area (Å²) in [6.45, 7) is 17.7. The average Bonchev–Trinajstić information content (AvgIpc) is 3.31. The zero-order valence-electron chi connectivity index (χ0n) is 44.6. The van der Waals surface area contributed by atoms with E-state index in [0.717, 1.165) is 77.8 Å². The molecule has 0 aromatic heterocycles. The Labute approximate surface area is 406 Å². The van der Waals surface area contributed by atoms with Gasteiger partial charge in [-0.1, -0.05) is 207 Å². The van der Waals surface area contributed by atoms with Gasteiger partial charge >= 0.3 is 0 Å². The summed E-state index contributed by atoms with van der Waals surface area (Å²) in [4.78, 5) is 0. The molecule has 7 heteroatoms. The van der Waals surface area contributed by atoms with Crippen molar-refractivity contribution in [2.24, 2.45) is 0 Å². The van der Waals surface area contributed by atoms with Crippen molar-refractivity contribution in [1.82, 2.24) is 0 Å². The number of unbranched alkanes of at least 4 members (excludes halogenated alkanes) is 30. The van der Waals surface area contributed by atoms with Gasteiger partial charge in [0.2, 0.25) is 0 Å². The molecule has 0 aliphatic carbocycles. The molecule has 0 heterocycles. The predicted molar refractivity (Wildman–Crippen MR) is 280 cm³/mol. The molecule has 2 unspecified atom stereocenters. The molecule has 388 valence electrons. The van der Waals surface area contributed by atoms with Crippen molar-refractivity contribution in [3.63, 3.8) is 0 Å². The number of hydrogen-bond donors (Lipinski definition) is 0. The van der Waals surface area contributed by atoms with E-state index in [1.54, 1.807) is 0 Å². The van der Waals surface area contributed by atoms with Gasteiger partial charge in [0.25, 0.3) is 0 Å². The second kappa shape index (κ2) is 55.8. The first kappa shape index (κ1) is 64.2. The summed E-state index contributed by atoms with van der Waals surface area (Å²) in [6.07, 6.45) is 55.2. The molecule has 0 fully saturated rings. The summed E-state index contributed by atoms with van der Waals surface area (Å²) < 4.78 is 42.9. The van der Waals surface area contributed by atoms with E-state index < -0.39 is 0 Å². The standard InChI is InChI=1S/C58H114O7/c1-7-13-17-35-43-51-61-55(62-52-44-36-18-14-8-2)47-39-31-27-23-21-25-29-33-41-49-57(59-11-5)65-58(60-12-6)50-42-34-30-26-22-24-28-32-40-48-56(63-53-45-37-19-15-9-3)64-54-46-38-20-16-10-4/h41-42,49-50,55-58H,7-40,43-48,51-54H2,1-6H3. The van der Waals surface area contributed by atoms with E-state index in [0.29, 0.717) is 13.2 Å². The molecule has 65 heavy (non-hydrogen) atoms. The molecule has 7 nitrogen and oxygen atoms in total. The zero-order valence-corrected chi connectivity index (χ0v) is 44.6. The third-order valence-corrected chi connectivity index (χ3v) is 12.3. The van der Waals surface area contributed by atoms with Crippen LogP contribution in [-0.4, -0.2) is 64.8 Å². The molecule has 0 rings (SSSR count). The lowest BCUT2D eigenvalue weighted by Gasteiger charge is -2.20. The monoisotopic (exact) mass is 923 g/mol. The van der Waals surface area contributed by atoms with Crippen LogP contribution in [0.1, 0.15) is 286 Å². The largest absolute Gasteiger partial charge is 0.353 e. The molecule has 0 bridgehead atoms. The Hall–Kier alpha value is -0.800. The van der Waals surface area contributed by atoms with Gasteiger partial charge < -0.3 is 33.2 Å². The van der Waals surface area contributed by atoms with Gasteiger partial charge in [0.05, 0.1) is 0 Å². The maximum Gasteiger partial charge on any atom is 0.180 e. The topological polar surface area (TPSA) is 64.6 Å². The van der Waals surface area contributed by atoms with Crippen molar-refractivity contribution in [3.8, 4) is 0 Å². The number of ether oxygens (including phenoxy) is 7. The maximum atomic E-state index is 6.24. The molecular formula is C58H114O7. The molecule has 2 atom stereocenters. The van der Waals surface area contributed by atoms with Crippen LogP contribution in [0.4, 0.5) is 0 Å². The molecule has 0 aliphatic heterocycles. The van der Waals surface area contributed by atoms with Gasteiger partial charge in [-0.05, 0) is 103 Å². The summed E-state index contributed by atoms with van der Waals surface area (Å²) >= 11 is 0. The van der Waals surface area contributed by atoms with Crippen LogP contribution in [0.25, 0.3) is 0 Å². The minimum absolute atomic E-state index is 0.0140. The van der Waals surface area contributed by atoms with Crippen LogP contribution in [0.3, 0.4) is 0 Å². The highest BCUT2D eigenvalue weighted by Gasteiger charge is 2.13. The Balaban J connectivity index is 4.27. The van der Waals surface area contributed by atoms with Crippen molar-refractivity contribution in [2.75, 3.05) is 39.6 Å². The fourth-order valence-corrected chi connectivity index (χ4v) is 8.18. The lowest BCUT2D eigenvalue weighted by atomic mass is 10.1. The van der Waals surface area contributed by atoms with Gasteiger partial charge in [-0.2, -0.15) is 0 Å². The summed E-state index contributed by atoms with van der Waals surface area (Å²) in [7, 11) is 0. The Kier molecular flexibility index (Phi) is 55.1. The van der Waals surface area contributed by atoms with Crippen LogP contribution in [0.2, 0.25) is 0 Å². The van der Waals surface area contributed by atoms with E-state index in [9.17, 15) is 0 Å². The zero-order chi connectivity index (χ0) is 47.2. The first-order valence-electron chi connectivity index (χ1n) is 28.8. The molecular weight excluding hydrogens is 809 g/mol. The lowest BCUT2D eigenvalue weighted by Crippen LogP contribution is -2.24. The van der Waals surface area contributed by atoms with Gasteiger partial charge in [0.15, 0.2) is 25.2 Å². The predicted octanol–water partition coefficient (Wildman–Crippen LogP) is 18.5. The summed E-state index contributed by atoms with van der Waals surface area (Å²) in [5.41, 5.74) is 0. The van der Waals surface area contributed by atoms with E-state index in [1.807, 2.05) is 13.8 Å². The Morgan fingerprint density at radius 1 is 0.277 bits per heavy atom. The van der Waals surface area contributed by atoms with Gasteiger partial charge in [-0.25, -0.2) is 0 Å². The van der Waals surface area contributed by atoms with E-state index >= 15 is 0 Å². The second-order valence-electron chi connectivity index (χ2n) is 18.7. The van der Waals surface area contributed by atoms with Crippen LogP contribution in [0.5, 0.6) is 0 Å². The SMILES string of the molecule is CCCCCCCOC(CCCCCCCCCC=CC(OCC)OC(C=CCCCCCCCCCC(OCCCCCCC)OCCCCCCC)OCC)OCCCCCCC. The van der Waals surface area contributed by atoms with E-state index in [-0.39, 0.29) is 25.2 Å². The van der Waals surface area contributed by atoms with Gasteiger partial charge in [0.1, 0.15) is 0 Å². The third kappa shape index (κ3) is 49.4. The van der Waals surface area contributed by atoms with Gasteiger partial charge in [-0.15, -0.1) is 0 Å². The first-order valence-corrected chi connectivity index (χ1v) is 28.8. The highest BCUT2D eigenvalue weighted by molar-refractivity contribution is 4.89. The highest BCUT2D eigenvalue weighted by atomic mass is 16.8. The van der Waals surface area contributed by atoms with Crippen molar-refractivity contribution in [3.05, 3.63) is 24.3 Å². The average molecular weight is 924 g/mol.